The number of nitrogens with zero attached hydrogens (tertiary/aromatic N) is 2. The summed E-state index contributed by atoms with van der Waals surface area (Å²) in [6.07, 6.45) is 12.9. The van der Waals surface area contributed by atoms with Crippen molar-refractivity contribution in [2.75, 3.05) is 0 Å². The lowest BCUT2D eigenvalue weighted by Crippen LogP contribution is -1.66. The second kappa shape index (κ2) is 4.44. The van der Waals surface area contributed by atoms with Crippen LogP contribution in [0.2, 0.25) is 0 Å². The lowest BCUT2D eigenvalue weighted by molar-refractivity contribution is 1.17. The molecule has 0 aliphatic heterocycles. The van der Waals surface area contributed by atoms with Gasteiger partial charge in [-0.2, -0.15) is 0 Å². The van der Waals surface area contributed by atoms with E-state index in [0.29, 0.717) is 0 Å². The molecule has 0 radical (unpaired) electrons. The van der Waals surface area contributed by atoms with E-state index in [0.717, 1.165) is 0 Å². The van der Waals surface area contributed by atoms with E-state index in [1.807, 2.05) is 24.3 Å². The smallest absolute Gasteiger partial charge is 0.115 e. The van der Waals surface area contributed by atoms with Crippen LogP contribution in [0, 0.1) is 0 Å². The fourth-order valence-corrected chi connectivity index (χ4v) is 0.364. The van der Waals surface area contributed by atoms with Crippen molar-refractivity contribution in [2.45, 2.75) is 0 Å². The van der Waals surface area contributed by atoms with Crippen molar-refractivity contribution < 1.29 is 0 Å². The first-order chi connectivity index (χ1) is 5.00. The van der Waals surface area contributed by atoms with Gasteiger partial charge in [-0.15, -0.1) is 0 Å². The van der Waals surface area contributed by atoms with Crippen LogP contribution in [-0.4, -0.2) is 9.97 Å². The highest BCUT2D eigenvalue weighted by atomic mass is 14.8. The van der Waals surface area contributed by atoms with Gasteiger partial charge in [0.2, 0.25) is 0 Å². The Kier molecular flexibility index (Phi) is 2.96. The Morgan fingerprint density at radius 2 is 1.20 bits per heavy atom. The minimum absolute atomic E-state index is 1.50. The first-order valence-electron chi connectivity index (χ1n) is 3.03. The zero-order valence-electron chi connectivity index (χ0n) is 5.51. The van der Waals surface area contributed by atoms with Gasteiger partial charge in [0.1, 0.15) is 6.33 Å². The van der Waals surface area contributed by atoms with Gasteiger partial charge in [-0.05, 0) is 6.07 Å². The molecule has 0 amide bonds. The van der Waals surface area contributed by atoms with Crippen LogP contribution < -0.4 is 0 Å². The molecule has 0 N–H and O–H groups in total. The fourth-order valence-electron chi connectivity index (χ4n) is 0.364. The molecule has 0 bridgehead atoms. The molecule has 0 unspecified atom stereocenters. The molecule has 0 spiro atoms. The largest absolute Gasteiger partial charge is 0.245 e. The summed E-state index contributed by atoms with van der Waals surface area (Å²) in [5.74, 6) is 0. The van der Waals surface area contributed by atoms with E-state index in [9.17, 15) is 0 Å². The highest BCUT2D eigenvalue weighted by molar-refractivity contribution is 5.22. The van der Waals surface area contributed by atoms with Crippen molar-refractivity contribution in [3.8, 4) is 0 Å². The van der Waals surface area contributed by atoms with Gasteiger partial charge in [-0.25, -0.2) is 9.97 Å². The molecular weight excluding hydrogens is 124 g/mol. The van der Waals surface area contributed by atoms with Gasteiger partial charge < -0.3 is 0 Å². The van der Waals surface area contributed by atoms with Gasteiger partial charge >= 0.3 is 0 Å². The maximum absolute atomic E-state index is 3.67. The Bertz CT molecular complexity index is 169. The number of hydrogen-bond donors (Lipinski definition) is 0. The van der Waals surface area contributed by atoms with E-state index in [1.165, 1.54) is 6.33 Å². The predicted octanol–water partition coefficient (Wildman–Crippen LogP) is 1.59. The molecule has 2 heteroatoms. The number of hydrogen-bond acceptors (Lipinski definition) is 2. The molecule has 1 heterocycles. The molecule has 0 saturated heterocycles. The SMILES string of the molecule is C1=CC=C1.c1cncnc1. The third-order valence-electron chi connectivity index (χ3n) is 0.922. The molecule has 0 saturated carbocycles. The summed E-state index contributed by atoms with van der Waals surface area (Å²) in [6.45, 7) is 0. The molecule has 0 fully saturated rings. The Hall–Kier alpha value is -1.44. The summed E-state index contributed by atoms with van der Waals surface area (Å²) < 4.78 is 0. The predicted molar refractivity (Wildman–Crippen MR) is 40.3 cm³/mol. The Labute approximate surface area is 60.0 Å². The second-order valence-corrected chi connectivity index (χ2v) is 1.67. The normalized spacial score (nSPS) is 11.2. The maximum Gasteiger partial charge on any atom is 0.115 e. The van der Waals surface area contributed by atoms with Crippen molar-refractivity contribution >= 4 is 0 Å². The number of allylic oxidation sites excluding steroid dienone is 4. The van der Waals surface area contributed by atoms with Gasteiger partial charge in [0, 0.05) is 12.4 Å². The van der Waals surface area contributed by atoms with Crippen molar-refractivity contribution in [3.63, 3.8) is 0 Å². The van der Waals surface area contributed by atoms with Crippen molar-refractivity contribution in [3.05, 3.63) is 49.1 Å². The van der Waals surface area contributed by atoms with Gasteiger partial charge in [0.05, 0.1) is 0 Å². The highest BCUT2D eigenvalue weighted by Gasteiger charge is 1.65. The third kappa shape index (κ3) is 2.77. The first kappa shape index (κ1) is 6.68. The van der Waals surface area contributed by atoms with Crippen LogP contribution in [0.25, 0.3) is 0 Å². The van der Waals surface area contributed by atoms with Crippen LogP contribution in [-0.2, 0) is 0 Å². The summed E-state index contributed by atoms with van der Waals surface area (Å²) in [7, 11) is 0. The molecule has 50 valence electrons. The van der Waals surface area contributed by atoms with Gasteiger partial charge in [0.15, 0.2) is 0 Å². The van der Waals surface area contributed by atoms with Crippen molar-refractivity contribution in [1.29, 1.82) is 0 Å². The van der Waals surface area contributed by atoms with Gasteiger partial charge in [-0.3, -0.25) is 0 Å². The van der Waals surface area contributed by atoms with Crippen LogP contribution in [0.4, 0.5) is 0 Å². The molecule has 0 aromatic carbocycles. The molecule has 1 aromatic heterocycles. The average Bonchev–Trinajstić information content (AvgIpc) is 1.88. The Morgan fingerprint density at radius 3 is 1.30 bits per heavy atom. The molecule has 1 aliphatic rings. The quantitative estimate of drug-likeness (QED) is 0.535. The number of rotatable bonds is 0. The monoisotopic (exact) mass is 132 g/mol. The minimum Gasteiger partial charge on any atom is -0.245 e. The number of aromatic nitrogens is 2. The molecule has 1 aromatic rings. The van der Waals surface area contributed by atoms with Gasteiger partial charge in [0.25, 0.3) is 0 Å². The molecule has 2 rings (SSSR count). The zero-order chi connectivity index (χ0) is 7.07. The van der Waals surface area contributed by atoms with Crippen LogP contribution >= 0.6 is 0 Å². The van der Waals surface area contributed by atoms with E-state index in [2.05, 4.69) is 9.97 Å². The summed E-state index contributed by atoms with van der Waals surface area (Å²) in [4.78, 5) is 7.35. The molecule has 1 aliphatic carbocycles. The highest BCUT2D eigenvalue weighted by Crippen LogP contribution is 1.86. The van der Waals surface area contributed by atoms with E-state index in [1.54, 1.807) is 18.5 Å². The third-order valence-corrected chi connectivity index (χ3v) is 0.922. The van der Waals surface area contributed by atoms with Crippen LogP contribution in [0.3, 0.4) is 0 Å². The van der Waals surface area contributed by atoms with Crippen molar-refractivity contribution in [2.24, 2.45) is 0 Å². The van der Waals surface area contributed by atoms with Crippen LogP contribution in [0.5, 0.6) is 0 Å². The average molecular weight is 132 g/mol. The van der Waals surface area contributed by atoms with Crippen molar-refractivity contribution in [1.82, 2.24) is 9.97 Å². The maximum atomic E-state index is 3.67. The second-order valence-electron chi connectivity index (χ2n) is 1.67. The molecule has 0 atom stereocenters. The zero-order valence-corrected chi connectivity index (χ0v) is 5.51. The lowest BCUT2D eigenvalue weighted by Gasteiger charge is -1.77. The van der Waals surface area contributed by atoms with Crippen LogP contribution in [0.1, 0.15) is 0 Å². The van der Waals surface area contributed by atoms with Crippen LogP contribution in [0.15, 0.2) is 49.1 Å². The summed E-state index contributed by atoms with van der Waals surface area (Å²) >= 11 is 0. The topological polar surface area (TPSA) is 25.8 Å². The van der Waals surface area contributed by atoms with E-state index in [-0.39, 0.29) is 0 Å². The lowest BCUT2D eigenvalue weighted by atomic mass is 10.3. The van der Waals surface area contributed by atoms with E-state index < -0.39 is 0 Å². The molecule has 2 nitrogen and oxygen atoms in total. The van der Waals surface area contributed by atoms with E-state index in [4.69, 9.17) is 0 Å². The van der Waals surface area contributed by atoms with Gasteiger partial charge in [-0.1, -0.05) is 24.3 Å². The summed E-state index contributed by atoms with van der Waals surface area (Å²) in [5.41, 5.74) is 0. The van der Waals surface area contributed by atoms with E-state index >= 15 is 0 Å². The standard InChI is InChI=1S/C4H4N2.C4H4/c1-2-5-4-6-3-1;1-2-4-3-1/h1-4H;1-4H. The Morgan fingerprint density at radius 1 is 0.700 bits per heavy atom. The Balaban J connectivity index is 0.000000108. The fraction of sp³-hybridized carbons (Fsp3) is 0. The summed E-state index contributed by atoms with van der Waals surface area (Å²) in [6, 6.07) is 1.78. The summed E-state index contributed by atoms with van der Waals surface area (Å²) in [5, 5.41) is 0. The minimum atomic E-state index is 1.50. The first-order valence-corrected chi connectivity index (χ1v) is 3.03. The molecule has 10 heavy (non-hydrogen) atoms. The molecular formula is C8H8N2.